The summed E-state index contributed by atoms with van der Waals surface area (Å²) in [6.07, 6.45) is 1.75. The Kier molecular flexibility index (Phi) is 2.73. The van der Waals surface area contributed by atoms with E-state index in [0.717, 1.165) is 22.8 Å². The van der Waals surface area contributed by atoms with Gasteiger partial charge in [-0.3, -0.25) is 0 Å². The summed E-state index contributed by atoms with van der Waals surface area (Å²) in [6.45, 7) is 3.97. The summed E-state index contributed by atoms with van der Waals surface area (Å²) in [5.41, 5.74) is 3.04. The Balaban J connectivity index is 2.58. The van der Waals surface area contributed by atoms with E-state index in [2.05, 4.69) is 10.1 Å². The lowest BCUT2D eigenvalue weighted by Gasteiger charge is -2.06. The molecular formula is C11H12ClN3. The largest absolute Gasteiger partial charge is 0.237 e. The van der Waals surface area contributed by atoms with Crippen LogP contribution in [0.1, 0.15) is 17.0 Å². The van der Waals surface area contributed by atoms with Crippen LogP contribution in [0.3, 0.4) is 0 Å². The minimum Gasteiger partial charge on any atom is -0.237 e. The average Bonchev–Trinajstić information content (AvgIpc) is 2.57. The SMILES string of the molecule is Cc1cc(C)n(-c2ncccc2CCl)n1. The van der Waals surface area contributed by atoms with Crippen LogP contribution in [0.2, 0.25) is 0 Å². The van der Waals surface area contributed by atoms with Gasteiger partial charge in [0, 0.05) is 17.5 Å². The first-order valence-electron chi connectivity index (χ1n) is 4.76. The Bertz CT molecular complexity index is 476. The summed E-state index contributed by atoms with van der Waals surface area (Å²) < 4.78 is 1.83. The maximum absolute atomic E-state index is 5.86. The molecule has 0 radical (unpaired) electrons. The topological polar surface area (TPSA) is 30.7 Å². The van der Waals surface area contributed by atoms with Gasteiger partial charge >= 0.3 is 0 Å². The summed E-state index contributed by atoms with van der Waals surface area (Å²) in [6, 6.07) is 5.87. The van der Waals surface area contributed by atoms with Gasteiger partial charge in [-0.1, -0.05) is 6.07 Å². The molecule has 0 aliphatic heterocycles. The predicted octanol–water partition coefficient (Wildman–Crippen LogP) is 2.62. The Morgan fingerprint density at radius 2 is 2.20 bits per heavy atom. The third-order valence-electron chi connectivity index (χ3n) is 2.22. The van der Waals surface area contributed by atoms with Crippen molar-refractivity contribution in [2.45, 2.75) is 19.7 Å². The summed E-state index contributed by atoms with van der Waals surface area (Å²) in [7, 11) is 0. The van der Waals surface area contributed by atoms with Crippen molar-refractivity contribution in [3.63, 3.8) is 0 Å². The first kappa shape index (κ1) is 10.2. The zero-order valence-corrected chi connectivity index (χ0v) is 9.49. The predicted molar refractivity (Wildman–Crippen MR) is 60.4 cm³/mol. The normalized spacial score (nSPS) is 10.6. The highest BCUT2D eigenvalue weighted by molar-refractivity contribution is 6.17. The fraction of sp³-hybridized carbons (Fsp3) is 0.273. The van der Waals surface area contributed by atoms with Crippen LogP contribution in [0.25, 0.3) is 5.82 Å². The van der Waals surface area contributed by atoms with E-state index in [1.54, 1.807) is 6.20 Å². The van der Waals surface area contributed by atoms with Gasteiger partial charge in [-0.25, -0.2) is 9.67 Å². The number of halogens is 1. The van der Waals surface area contributed by atoms with Gasteiger partial charge < -0.3 is 0 Å². The van der Waals surface area contributed by atoms with E-state index >= 15 is 0 Å². The molecule has 0 spiro atoms. The Morgan fingerprint density at radius 3 is 2.80 bits per heavy atom. The van der Waals surface area contributed by atoms with Crippen LogP contribution in [-0.2, 0) is 5.88 Å². The van der Waals surface area contributed by atoms with Gasteiger partial charge in [-0.2, -0.15) is 5.10 Å². The molecular weight excluding hydrogens is 210 g/mol. The van der Waals surface area contributed by atoms with Gasteiger partial charge in [0.15, 0.2) is 5.82 Å². The maximum atomic E-state index is 5.86. The molecule has 2 rings (SSSR count). The van der Waals surface area contributed by atoms with E-state index in [-0.39, 0.29) is 0 Å². The van der Waals surface area contributed by atoms with E-state index in [0.29, 0.717) is 5.88 Å². The maximum Gasteiger partial charge on any atom is 0.157 e. The van der Waals surface area contributed by atoms with Crippen molar-refractivity contribution in [1.29, 1.82) is 0 Å². The number of aryl methyl sites for hydroxylation is 2. The van der Waals surface area contributed by atoms with Crippen LogP contribution in [-0.4, -0.2) is 14.8 Å². The molecule has 3 nitrogen and oxygen atoms in total. The Labute approximate surface area is 93.7 Å². The molecule has 0 aromatic carbocycles. The highest BCUT2D eigenvalue weighted by Gasteiger charge is 2.08. The Hall–Kier alpha value is -1.35. The fourth-order valence-electron chi connectivity index (χ4n) is 1.57. The molecule has 0 fully saturated rings. The zero-order valence-electron chi connectivity index (χ0n) is 8.74. The fourth-order valence-corrected chi connectivity index (χ4v) is 1.78. The zero-order chi connectivity index (χ0) is 10.8. The lowest BCUT2D eigenvalue weighted by Crippen LogP contribution is -2.04. The molecule has 0 atom stereocenters. The van der Waals surface area contributed by atoms with E-state index < -0.39 is 0 Å². The minimum atomic E-state index is 0.446. The molecule has 4 heteroatoms. The van der Waals surface area contributed by atoms with Crippen molar-refractivity contribution in [3.05, 3.63) is 41.3 Å². The molecule has 0 aliphatic carbocycles. The van der Waals surface area contributed by atoms with Gasteiger partial charge in [-0.15, -0.1) is 11.6 Å². The van der Waals surface area contributed by atoms with Gasteiger partial charge in [0.05, 0.1) is 11.6 Å². The molecule has 0 amide bonds. The third-order valence-corrected chi connectivity index (χ3v) is 2.51. The quantitative estimate of drug-likeness (QED) is 0.730. The second kappa shape index (κ2) is 4.03. The van der Waals surface area contributed by atoms with Gasteiger partial charge in [0.2, 0.25) is 0 Å². The molecule has 0 unspecified atom stereocenters. The van der Waals surface area contributed by atoms with E-state index in [1.807, 2.05) is 36.7 Å². The average molecular weight is 222 g/mol. The van der Waals surface area contributed by atoms with Crippen molar-refractivity contribution >= 4 is 11.6 Å². The number of hydrogen-bond acceptors (Lipinski definition) is 2. The first-order chi connectivity index (χ1) is 7.22. The molecule has 0 N–H and O–H groups in total. The van der Waals surface area contributed by atoms with Crippen LogP contribution in [0.15, 0.2) is 24.4 Å². The summed E-state index contributed by atoms with van der Waals surface area (Å²) >= 11 is 5.86. The van der Waals surface area contributed by atoms with Crippen molar-refractivity contribution in [2.75, 3.05) is 0 Å². The molecule has 0 saturated carbocycles. The number of rotatable bonds is 2. The van der Waals surface area contributed by atoms with Gasteiger partial charge in [0.1, 0.15) is 0 Å². The second-order valence-corrected chi connectivity index (χ2v) is 3.73. The molecule has 2 aromatic rings. The van der Waals surface area contributed by atoms with Crippen molar-refractivity contribution in [3.8, 4) is 5.82 Å². The third kappa shape index (κ3) is 1.88. The summed E-state index contributed by atoms with van der Waals surface area (Å²) in [5, 5.41) is 4.38. The van der Waals surface area contributed by atoms with Crippen molar-refractivity contribution in [1.82, 2.24) is 14.8 Å². The Morgan fingerprint density at radius 1 is 1.40 bits per heavy atom. The van der Waals surface area contributed by atoms with Crippen LogP contribution in [0, 0.1) is 13.8 Å². The molecule has 2 aromatic heterocycles. The molecule has 0 bridgehead atoms. The standard InChI is InChI=1S/C11H12ClN3/c1-8-6-9(2)15(14-8)11-10(7-12)4-3-5-13-11/h3-6H,7H2,1-2H3. The number of aromatic nitrogens is 3. The molecule has 15 heavy (non-hydrogen) atoms. The smallest absolute Gasteiger partial charge is 0.157 e. The monoisotopic (exact) mass is 221 g/mol. The lowest BCUT2D eigenvalue weighted by molar-refractivity contribution is 0.797. The van der Waals surface area contributed by atoms with Crippen LogP contribution >= 0.6 is 11.6 Å². The van der Waals surface area contributed by atoms with Crippen LogP contribution in [0.5, 0.6) is 0 Å². The van der Waals surface area contributed by atoms with Crippen molar-refractivity contribution in [2.24, 2.45) is 0 Å². The van der Waals surface area contributed by atoms with Crippen molar-refractivity contribution < 1.29 is 0 Å². The van der Waals surface area contributed by atoms with Gasteiger partial charge in [-0.05, 0) is 26.0 Å². The van der Waals surface area contributed by atoms with E-state index in [1.165, 1.54) is 0 Å². The lowest BCUT2D eigenvalue weighted by atomic mass is 10.3. The van der Waals surface area contributed by atoms with E-state index in [9.17, 15) is 0 Å². The van der Waals surface area contributed by atoms with Crippen LogP contribution in [0.4, 0.5) is 0 Å². The molecule has 0 saturated heterocycles. The highest BCUT2D eigenvalue weighted by Crippen LogP contribution is 2.15. The molecule has 0 aliphatic rings. The highest BCUT2D eigenvalue weighted by atomic mass is 35.5. The molecule has 2 heterocycles. The van der Waals surface area contributed by atoms with E-state index in [4.69, 9.17) is 11.6 Å². The number of pyridine rings is 1. The minimum absolute atomic E-state index is 0.446. The number of nitrogens with zero attached hydrogens (tertiary/aromatic N) is 3. The van der Waals surface area contributed by atoms with Crippen LogP contribution < -0.4 is 0 Å². The second-order valence-electron chi connectivity index (χ2n) is 3.46. The first-order valence-corrected chi connectivity index (χ1v) is 5.29. The number of hydrogen-bond donors (Lipinski definition) is 0. The number of alkyl halides is 1. The molecule has 78 valence electrons. The summed E-state index contributed by atoms with van der Waals surface area (Å²) in [5.74, 6) is 1.26. The summed E-state index contributed by atoms with van der Waals surface area (Å²) in [4.78, 5) is 4.31. The van der Waals surface area contributed by atoms with Gasteiger partial charge in [0.25, 0.3) is 0 Å².